The number of aryl methyl sites for hydroxylation is 1. The van der Waals surface area contributed by atoms with Crippen molar-refractivity contribution in [1.29, 1.82) is 0 Å². The largest absolute Gasteiger partial charge is 0.507 e. The van der Waals surface area contributed by atoms with Crippen molar-refractivity contribution in [2.45, 2.75) is 26.5 Å². The molecule has 10 rings (SSSR count). The van der Waals surface area contributed by atoms with Gasteiger partial charge in [0.25, 0.3) is 40.5 Å². The Balaban J connectivity index is 0.916. The number of hydrogen-bond acceptors (Lipinski definition) is 18. The summed E-state index contributed by atoms with van der Waals surface area (Å²) >= 11 is 0. The van der Waals surface area contributed by atoms with Crippen LogP contribution in [0.15, 0.2) is 184 Å². The van der Waals surface area contributed by atoms with Crippen molar-refractivity contribution in [3.05, 3.63) is 139 Å². The molecule has 0 aliphatic heterocycles. The fraction of sp³-hybridized carbons (Fsp3) is 0.0213. The summed E-state index contributed by atoms with van der Waals surface area (Å²) in [6, 6.07) is 31.5. The third-order valence-corrected chi connectivity index (χ3v) is 15.0. The van der Waals surface area contributed by atoms with Gasteiger partial charge in [-0.05, 0) is 114 Å². The third kappa shape index (κ3) is 9.38. The lowest BCUT2D eigenvalue weighted by Crippen LogP contribution is -2.04. The maximum Gasteiger partial charge on any atom is 0.296 e. The van der Waals surface area contributed by atoms with Gasteiger partial charge in [0.15, 0.2) is 5.75 Å². The van der Waals surface area contributed by atoms with Gasteiger partial charge in [0, 0.05) is 38.4 Å². The maximum atomic E-state index is 12.7. The summed E-state index contributed by atoms with van der Waals surface area (Å²) in [5.74, 6) is -1.04. The molecule has 0 aliphatic rings. The highest BCUT2D eigenvalue weighted by Crippen LogP contribution is 2.43. The van der Waals surface area contributed by atoms with Crippen LogP contribution in [0.5, 0.6) is 11.5 Å². The van der Waals surface area contributed by atoms with Gasteiger partial charge < -0.3 is 10.2 Å². The van der Waals surface area contributed by atoms with E-state index in [1.807, 2.05) is 24.3 Å². The molecule has 9 aromatic carbocycles. The van der Waals surface area contributed by atoms with Crippen LogP contribution in [0.2, 0.25) is 0 Å². The quantitative estimate of drug-likeness (QED) is 0.0518. The van der Waals surface area contributed by atoms with Crippen molar-refractivity contribution >= 4 is 129 Å². The predicted octanol–water partition coefficient (Wildman–Crippen LogP) is 11.0. The molecule has 27 heteroatoms. The average Bonchev–Trinajstić information content (AvgIpc) is 3.80. The van der Waals surface area contributed by atoms with Crippen molar-refractivity contribution < 1.29 is 62.1 Å². The van der Waals surface area contributed by atoms with Crippen molar-refractivity contribution in [3.63, 3.8) is 0 Å². The van der Waals surface area contributed by atoms with E-state index < -0.39 is 71.5 Å². The number of aromatic hydroxyl groups is 2. The summed E-state index contributed by atoms with van der Waals surface area (Å²) < 4.78 is 136. The highest BCUT2D eigenvalue weighted by atomic mass is 32.2. The standard InChI is InChI=1S/C47H31N9O14S4/c1-24-16-27(8-12-38(24)50-52-40-15-14-39(33-4-2-3-5-34(33)40)51-48-28-7-6-25-18-30(71(59,60)61)22-42(57)36(25)20-28)49-53-46-44(74(68,69)70)19-26-17-29(9-10-32(26)47(46)58)56-54-41-13-11-35-37(45(41)55-56)21-31(72(62,63)64)23-43(35)73(65,66)67/h2-23,57-58H,1H3,(H,59,60,61)(H,62,63,64)(H,65,66,67)(H,68,69,70). The van der Waals surface area contributed by atoms with Gasteiger partial charge in [0.1, 0.15) is 32.3 Å². The van der Waals surface area contributed by atoms with E-state index in [0.29, 0.717) is 55.9 Å². The number of phenols is 2. The van der Waals surface area contributed by atoms with Crippen LogP contribution in [0, 0.1) is 6.92 Å². The molecular formula is C47H31N9O14S4. The lowest BCUT2D eigenvalue weighted by molar-refractivity contribution is 0.470. The summed E-state index contributed by atoms with van der Waals surface area (Å²) in [4.78, 5) is -1.86. The molecule has 1 heterocycles. The van der Waals surface area contributed by atoms with E-state index in [9.17, 15) is 62.1 Å². The van der Waals surface area contributed by atoms with Gasteiger partial charge in [-0.2, -0.15) is 53.8 Å². The predicted molar refractivity (Wildman–Crippen MR) is 268 cm³/mol. The maximum absolute atomic E-state index is 12.7. The molecule has 0 radical (unpaired) electrons. The minimum atomic E-state index is -5.06. The lowest BCUT2D eigenvalue weighted by Gasteiger charge is -2.10. The summed E-state index contributed by atoms with van der Waals surface area (Å²) in [5, 5.41) is 58.3. The van der Waals surface area contributed by atoms with Crippen LogP contribution in [0.25, 0.3) is 59.8 Å². The molecular weight excluding hydrogens is 1040 g/mol. The number of aromatic nitrogens is 3. The van der Waals surface area contributed by atoms with Crippen molar-refractivity contribution in [3.8, 4) is 17.2 Å². The molecule has 0 unspecified atom stereocenters. The summed E-state index contributed by atoms with van der Waals surface area (Å²) in [6.45, 7) is 1.72. The van der Waals surface area contributed by atoms with E-state index in [0.717, 1.165) is 23.0 Å². The van der Waals surface area contributed by atoms with E-state index in [1.165, 1.54) is 54.6 Å². The first-order chi connectivity index (χ1) is 34.9. The summed E-state index contributed by atoms with van der Waals surface area (Å²) in [6.07, 6.45) is 0. The Labute approximate surface area is 417 Å². The molecule has 10 aromatic rings. The molecule has 0 fully saturated rings. The SMILES string of the molecule is Cc1cc(N=Nc2c(S(=O)(=O)O)cc3cc(-n4nc5ccc6c(S(=O)(=O)O)cc(S(=O)(=O)O)cc6c5n4)ccc3c2O)ccc1N=Nc1ccc(N=Nc2ccc3cc(S(=O)(=O)O)cc(O)c3c2)c2ccccc12. The topological polar surface area (TPSA) is 363 Å². The molecule has 0 bridgehead atoms. The van der Waals surface area contributed by atoms with Crippen LogP contribution in [0.4, 0.5) is 34.1 Å². The van der Waals surface area contributed by atoms with E-state index in [1.54, 1.807) is 37.3 Å². The van der Waals surface area contributed by atoms with E-state index in [2.05, 4.69) is 40.9 Å². The molecule has 0 atom stereocenters. The van der Waals surface area contributed by atoms with Crippen LogP contribution in [-0.4, -0.2) is 77.1 Å². The Kier molecular flexibility index (Phi) is 11.9. The minimum Gasteiger partial charge on any atom is -0.507 e. The molecule has 372 valence electrons. The van der Waals surface area contributed by atoms with Crippen LogP contribution < -0.4 is 0 Å². The molecule has 1 aromatic heterocycles. The molecule has 0 aliphatic carbocycles. The highest BCUT2D eigenvalue weighted by molar-refractivity contribution is 7.87. The van der Waals surface area contributed by atoms with Crippen molar-refractivity contribution in [1.82, 2.24) is 15.0 Å². The number of rotatable bonds is 11. The second-order valence-corrected chi connectivity index (χ2v) is 22.0. The first kappa shape index (κ1) is 49.1. The Hall–Kier alpha value is -8.54. The smallest absolute Gasteiger partial charge is 0.296 e. The number of phenolic OH excluding ortho intramolecular Hbond substituents is 2. The number of nitrogens with zero attached hydrogens (tertiary/aromatic N) is 9. The van der Waals surface area contributed by atoms with Crippen molar-refractivity contribution in [2.75, 3.05) is 0 Å². The van der Waals surface area contributed by atoms with Gasteiger partial charge in [-0.1, -0.05) is 36.4 Å². The molecule has 0 saturated carbocycles. The number of benzene rings is 9. The lowest BCUT2D eigenvalue weighted by atomic mass is 10.1. The molecule has 23 nitrogen and oxygen atoms in total. The number of fused-ring (bicyclic) bond motifs is 6. The molecule has 0 spiro atoms. The van der Waals surface area contributed by atoms with Gasteiger partial charge in [-0.25, -0.2) is 0 Å². The van der Waals surface area contributed by atoms with Gasteiger partial charge >= 0.3 is 0 Å². The summed E-state index contributed by atoms with van der Waals surface area (Å²) in [7, 11) is -19.6. The summed E-state index contributed by atoms with van der Waals surface area (Å²) in [5.41, 5.74) is 2.18. The molecule has 0 amide bonds. The van der Waals surface area contributed by atoms with E-state index >= 15 is 0 Å². The third-order valence-electron chi connectivity index (χ3n) is 11.6. The van der Waals surface area contributed by atoms with E-state index in [4.69, 9.17) is 0 Å². The van der Waals surface area contributed by atoms with Crippen LogP contribution in [0.3, 0.4) is 0 Å². The van der Waals surface area contributed by atoms with E-state index in [-0.39, 0.29) is 49.7 Å². The van der Waals surface area contributed by atoms with Crippen molar-refractivity contribution in [2.24, 2.45) is 30.7 Å². The zero-order chi connectivity index (χ0) is 52.6. The minimum absolute atomic E-state index is 0.0445. The Bertz CT molecular complexity index is 4660. The van der Waals surface area contributed by atoms with Gasteiger partial charge in [-0.15, -0.1) is 25.5 Å². The number of hydrogen-bond donors (Lipinski definition) is 6. The first-order valence-corrected chi connectivity index (χ1v) is 26.8. The van der Waals surface area contributed by atoms with Crippen LogP contribution in [-0.2, 0) is 40.5 Å². The van der Waals surface area contributed by atoms with Gasteiger partial charge in [0.2, 0.25) is 0 Å². The average molecular weight is 1070 g/mol. The van der Waals surface area contributed by atoms with Gasteiger partial charge in [-0.3, -0.25) is 18.2 Å². The fourth-order valence-electron chi connectivity index (χ4n) is 8.08. The molecule has 74 heavy (non-hydrogen) atoms. The second kappa shape index (κ2) is 17.9. The Morgan fingerprint density at radius 2 is 1.04 bits per heavy atom. The Morgan fingerprint density at radius 3 is 1.70 bits per heavy atom. The zero-order valence-corrected chi connectivity index (χ0v) is 40.6. The van der Waals surface area contributed by atoms with Gasteiger partial charge in [0.05, 0.1) is 43.9 Å². The monoisotopic (exact) mass is 1070 g/mol. The normalized spacial score (nSPS) is 13.0. The van der Waals surface area contributed by atoms with Crippen LogP contribution >= 0.6 is 0 Å². The van der Waals surface area contributed by atoms with Crippen LogP contribution in [0.1, 0.15) is 5.56 Å². The highest BCUT2D eigenvalue weighted by Gasteiger charge is 2.25. The molecule has 0 saturated heterocycles. The number of azo groups is 3. The Morgan fingerprint density at radius 1 is 0.446 bits per heavy atom. The zero-order valence-electron chi connectivity index (χ0n) is 37.3. The fourth-order valence-corrected chi connectivity index (χ4v) is 10.6. The second-order valence-electron chi connectivity index (χ2n) is 16.4. The molecule has 6 N–H and O–H groups in total. The first-order valence-electron chi connectivity index (χ1n) is 21.1.